The van der Waals surface area contributed by atoms with Crippen LogP contribution in [0.1, 0.15) is 11.1 Å². The molecule has 2 aromatic rings. The van der Waals surface area contributed by atoms with Crippen LogP contribution in [0.15, 0.2) is 38.1 Å². The number of amides is 1. The number of hydrogen-bond donors (Lipinski definition) is 1. The van der Waals surface area contributed by atoms with Gasteiger partial charge in [0, 0.05) is 4.47 Å². The van der Waals surface area contributed by atoms with Gasteiger partial charge in [-0.05, 0) is 67.3 Å². The number of carbonyl (C=O) groups is 1. The number of methoxy groups -OCH3 is 1. The lowest BCUT2D eigenvalue weighted by Crippen LogP contribution is -2.17. The van der Waals surface area contributed by atoms with Crippen LogP contribution in [0.4, 0.5) is 0 Å². The molecule has 1 fully saturated rings. The fraction of sp³-hybridized carbons (Fsp3) is 0.111. The average molecular weight is 584 g/mol. The van der Waals surface area contributed by atoms with Gasteiger partial charge in [0.25, 0.3) is 5.91 Å². The van der Waals surface area contributed by atoms with Crippen LogP contribution in [0.25, 0.3) is 6.08 Å². The Bertz CT molecular complexity index is 1010. The van der Waals surface area contributed by atoms with Crippen LogP contribution in [-0.4, -0.2) is 17.3 Å². The van der Waals surface area contributed by atoms with Gasteiger partial charge < -0.3 is 14.8 Å². The van der Waals surface area contributed by atoms with Crippen LogP contribution in [0.5, 0.6) is 11.5 Å². The van der Waals surface area contributed by atoms with Crippen molar-refractivity contribution < 1.29 is 14.3 Å². The van der Waals surface area contributed by atoms with E-state index in [0.29, 0.717) is 35.2 Å². The van der Waals surface area contributed by atoms with E-state index in [1.54, 1.807) is 31.4 Å². The molecule has 1 aliphatic rings. The summed E-state index contributed by atoms with van der Waals surface area (Å²) in [6.45, 7) is 0.269. The molecular weight excluding hydrogens is 573 g/mol. The highest BCUT2D eigenvalue weighted by Gasteiger charge is 2.24. The van der Waals surface area contributed by atoms with Crippen LogP contribution >= 0.6 is 79.0 Å². The van der Waals surface area contributed by atoms with Crippen molar-refractivity contribution >= 4 is 95.3 Å². The van der Waals surface area contributed by atoms with E-state index in [4.69, 9.17) is 44.9 Å². The predicted octanol–water partition coefficient (Wildman–Crippen LogP) is 6.59. The van der Waals surface area contributed by atoms with Crippen molar-refractivity contribution in [3.8, 4) is 11.5 Å². The number of thioether (sulfide) groups is 1. The van der Waals surface area contributed by atoms with Gasteiger partial charge >= 0.3 is 0 Å². The van der Waals surface area contributed by atoms with Crippen molar-refractivity contribution in [1.82, 2.24) is 5.32 Å². The van der Waals surface area contributed by atoms with Gasteiger partial charge in [-0.15, -0.1) is 0 Å². The van der Waals surface area contributed by atoms with Gasteiger partial charge in [-0.2, -0.15) is 0 Å². The Balaban J connectivity index is 1.91. The summed E-state index contributed by atoms with van der Waals surface area (Å²) in [5, 5.41) is 3.54. The Morgan fingerprint density at radius 2 is 1.96 bits per heavy atom. The molecule has 146 valence electrons. The maximum absolute atomic E-state index is 11.9. The van der Waals surface area contributed by atoms with E-state index >= 15 is 0 Å². The number of hydrogen-bond acceptors (Lipinski definition) is 5. The van der Waals surface area contributed by atoms with E-state index in [1.807, 2.05) is 6.07 Å². The lowest BCUT2D eigenvalue weighted by atomic mass is 10.1. The SMILES string of the molecule is COc1cc(/C=C2/SC(=S)NC2=O)c(Br)c(Br)c1OCc1ccc(Cl)c(Cl)c1. The number of ether oxygens (including phenoxy) is 2. The molecule has 1 N–H and O–H groups in total. The quantitative estimate of drug-likeness (QED) is 0.318. The lowest BCUT2D eigenvalue weighted by molar-refractivity contribution is -0.115. The first kappa shape index (κ1) is 21.9. The van der Waals surface area contributed by atoms with Crippen LogP contribution < -0.4 is 14.8 Å². The fourth-order valence-corrected chi connectivity index (χ4v) is 4.65. The summed E-state index contributed by atoms with van der Waals surface area (Å²) in [7, 11) is 1.55. The van der Waals surface area contributed by atoms with Crippen molar-refractivity contribution in [2.45, 2.75) is 6.61 Å². The number of halogens is 4. The van der Waals surface area contributed by atoms with E-state index in [0.717, 1.165) is 15.6 Å². The van der Waals surface area contributed by atoms with E-state index < -0.39 is 0 Å². The third-order valence-corrected chi connectivity index (χ3v) is 7.72. The summed E-state index contributed by atoms with van der Waals surface area (Å²) in [6, 6.07) is 7.08. The Hall–Kier alpha value is -0.770. The molecule has 1 amide bonds. The topological polar surface area (TPSA) is 47.6 Å². The molecule has 4 nitrogen and oxygen atoms in total. The minimum atomic E-state index is -0.225. The van der Waals surface area contributed by atoms with Crippen molar-refractivity contribution in [3.63, 3.8) is 0 Å². The maximum Gasteiger partial charge on any atom is 0.263 e. The number of carbonyl (C=O) groups excluding carboxylic acids is 1. The monoisotopic (exact) mass is 581 g/mol. The number of benzene rings is 2. The standard InChI is InChI=1S/C18H11Br2Cl2NO3S2/c1-25-12-5-9(6-13-17(24)23-18(27)28-13)14(19)15(20)16(12)26-7-8-2-3-10(21)11(22)4-8/h2-6H,7H2,1H3,(H,23,24,27)/b13-6+. The van der Waals surface area contributed by atoms with Crippen LogP contribution in [0.3, 0.4) is 0 Å². The minimum absolute atomic E-state index is 0.225. The molecule has 28 heavy (non-hydrogen) atoms. The Morgan fingerprint density at radius 1 is 1.21 bits per heavy atom. The smallest absolute Gasteiger partial charge is 0.263 e. The van der Waals surface area contributed by atoms with Crippen LogP contribution in [0, 0.1) is 0 Å². The molecule has 1 aliphatic heterocycles. The molecule has 1 heterocycles. The second kappa shape index (κ2) is 9.36. The summed E-state index contributed by atoms with van der Waals surface area (Å²) in [6.07, 6.45) is 1.74. The second-order valence-electron chi connectivity index (χ2n) is 5.51. The highest BCUT2D eigenvalue weighted by atomic mass is 79.9. The first-order valence-electron chi connectivity index (χ1n) is 7.67. The Morgan fingerprint density at radius 3 is 2.57 bits per heavy atom. The molecule has 0 spiro atoms. The van der Waals surface area contributed by atoms with E-state index in [-0.39, 0.29) is 12.5 Å². The maximum atomic E-state index is 11.9. The van der Waals surface area contributed by atoms with Gasteiger partial charge in [0.2, 0.25) is 0 Å². The van der Waals surface area contributed by atoms with Gasteiger partial charge in [0.05, 0.1) is 26.5 Å². The summed E-state index contributed by atoms with van der Waals surface area (Å²) >= 11 is 25.3. The number of rotatable bonds is 5. The molecule has 0 atom stereocenters. The zero-order valence-corrected chi connectivity index (χ0v) is 20.5. The van der Waals surface area contributed by atoms with E-state index in [9.17, 15) is 4.79 Å². The first-order chi connectivity index (χ1) is 13.3. The molecule has 0 unspecified atom stereocenters. The molecule has 3 rings (SSSR count). The Kier molecular flexibility index (Phi) is 7.33. The summed E-state index contributed by atoms with van der Waals surface area (Å²) in [4.78, 5) is 12.4. The molecule has 10 heteroatoms. The molecule has 0 saturated carbocycles. The highest BCUT2D eigenvalue weighted by Crippen LogP contribution is 2.44. The summed E-state index contributed by atoms with van der Waals surface area (Å²) < 4.78 is 13.2. The number of thiocarbonyl (C=S) groups is 1. The van der Waals surface area contributed by atoms with Crippen LogP contribution in [-0.2, 0) is 11.4 Å². The zero-order valence-electron chi connectivity index (χ0n) is 14.1. The third kappa shape index (κ3) is 4.86. The second-order valence-corrected chi connectivity index (χ2v) is 9.63. The average Bonchev–Trinajstić information content (AvgIpc) is 2.97. The van der Waals surface area contributed by atoms with Crippen LogP contribution in [0.2, 0.25) is 10.0 Å². The van der Waals surface area contributed by atoms with Crippen molar-refractivity contribution in [3.05, 3.63) is 59.3 Å². The molecule has 1 saturated heterocycles. The zero-order chi connectivity index (χ0) is 20.4. The van der Waals surface area contributed by atoms with Crippen molar-refractivity contribution in [2.75, 3.05) is 7.11 Å². The normalized spacial score (nSPS) is 15.1. The van der Waals surface area contributed by atoms with Gasteiger partial charge in [-0.1, -0.05) is 53.2 Å². The predicted molar refractivity (Wildman–Crippen MR) is 125 cm³/mol. The van der Waals surface area contributed by atoms with E-state index in [1.165, 1.54) is 11.8 Å². The summed E-state index contributed by atoms with van der Waals surface area (Å²) in [5.41, 5.74) is 1.60. The molecule has 0 aliphatic carbocycles. The summed E-state index contributed by atoms with van der Waals surface area (Å²) in [5.74, 6) is 0.798. The van der Waals surface area contributed by atoms with Gasteiger partial charge in [-0.25, -0.2) is 0 Å². The molecule has 0 aromatic heterocycles. The fourth-order valence-electron chi connectivity index (χ4n) is 2.34. The van der Waals surface area contributed by atoms with Gasteiger partial charge in [-0.3, -0.25) is 4.79 Å². The highest BCUT2D eigenvalue weighted by molar-refractivity contribution is 9.13. The van der Waals surface area contributed by atoms with Crippen molar-refractivity contribution in [1.29, 1.82) is 0 Å². The van der Waals surface area contributed by atoms with Gasteiger partial charge in [0.15, 0.2) is 11.5 Å². The lowest BCUT2D eigenvalue weighted by Gasteiger charge is -2.16. The largest absolute Gasteiger partial charge is 0.493 e. The number of nitrogens with one attached hydrogen (secondary N) is 1. The molecular formula is C18H11Br2Cl2NO3S2. The van der Waals surface area contributed by atoms with Gasteiger partial charge in [0.1, 0.15) is 10.9 Å². The first-order valence-corrected chi connectivity index (χ1v) is 11.2. The Labute approximate surface area is 198 Å². The van der Waals surface area contributed by atoms with E-state index in [2.05, 4.69) is 37.2 Å². The molecule has 0 radical (unpaired) electrons. The third-order valence-electron chi connectivity index (χ3n) is 3.67. The molecule has 0 bridgehead atoms. The minimum Gasteiger partial charge on any atom is -0.493 e. The van der Waals surface area contributed by atoms with Crippen molar-refractivity contribution in [2.24, 2.45) is 0 Å². The molecule has 2 aromatic carbocycles.